The average Bonchev–Trinajstić information content (AvgIpc) is 3.12. The van der Waals surface area contributed by atoms with Crippen LogP contribution in [0.2, 0.25) is 0 Å². The highest BCUT2D eigenvalue weighted by molar-refractivity contribution is 5.98. The predicted octanol–water partition coefficient (Wildman–Crippen LogP) is 1.96. The molecule has 1 N–H and O–H groups in total. The first-order chi connectivity index (χ1) is 12.7. The molecule has 0 spiro atoms. The maximum Gasteiger partial charge on any atom is 0.414 e. The van der Waals surface area contributed by atoms with E-state index >= 15 is 0 Å². The van der Waals surface area contributed by atoms with Crippen molar-refractivity contribution in [3.8, 4) is 0 Å². The maximum absolute atomic E-state index is 12.2. The van der Waals surface area contributed by atoms with Gasteiger partial charge in [0.15, 0.2) is 0 Å². The fraction of sp³-hybridized carbons (Fsp3) is 0.316. The molecule has 2 aromatic rings. The lowest BCUT2D eigenvalue weighted by molar-refractivity contribution is 0.0963. The Morgan fingerprint density at radius 2 is 2.12 bits per heavy atom. The normalized spacial score (nSPS) is 16.3. The van der Waals surface area contributed by atoms with Crippen LogP contribution in [0.5, 0.6) is 0 Å². The van der Waals surface area contributed by atoms with E-state index in [-0.39, 0.29) is 12.0 Å². The molecule has 7 nitrogen and oxygen atoms in total. The number of aromatic nitrogens is 1. The standard InChI is InChI=1S/C19H20N4O3/c1-20-18(24)15-5-3-8-21-17(15)22-9-7-14-13(12-22)4-2-6-16(14)23-10-11-26-19(23)25/h2-6,8H,7,9-12H2,1H3,(H,20,24). The van der Waals surface area contributed by atoms with E-state index in [1.807, 2.05) is 12.1 Å². The molecule has 0 aliphatic carbocycles. The second-order valence-corrected chi connectivity index (χ2v) is 6.31. The smallest absolute Gasteiger partial charge is 0.414 e. The lowest BCUT2D eigenvalue weighted by atomic mass is 9.96. The fourth-order valence-corrected chi connectivity index (χ4v) is 3.60. The number of amides is 2. The van der Waals surface area contributed by atoms with Crippen LogP contribution in [0.15, 0.2) is 36.5 Å². The summed E-state index contributed by atoms with van der Waals surface area (Å²) in [5, 5.41) is 2.67. The van der Waals surface area contributed by atoms with Gasteiger partial charge in [-0.2, -0.15) is 0 Å². The number of carbonyl (C=O) groups excluding carboxylic acids is 2. The Morgan fingerprint density at radius 1 is 1.23 bits per heavy atom. The molecule has 26 heavy (non-hydrogen) atoms. The van der Waals surface area contributed by atoms with Crippen molar-refractivity contribution in [2.75, 3.05) is 36.5 Å². The van der Waals surface area contributed by atoms with Gasteiger partial charge in [-0.1, -0.05) is 12.1 Å². The van der Waals surface area contributed by atoms with Gasteiger partial charge < -0.3 is 15.0 Å². The van der Waals surface area contributed by atoms with Crippen LogP contribution in [0.1, 0.15) is 21.5 Å². The van der Waals surface area contributed by atoms with Crippen molar-refractivity contribution in [1.29, 1.82) is 0 Å². The van der Waals surface area contributed by atoms with E-state index in [0.29, 0.717) is 31.1 Å². The quantitative estimate of drug-likeness (QED) is 0.914. The molecule has 0 atom stereocenters. The van der Waals surface area contributed by atoms with Gasteiger partial charge in [-0.15, -0.1) is 0 Å². The van der Waals surface area contributed by atoms with Crippen LogP contribution < -0.4 is 15.1 Å². The molecule has 2 aliphatic heterocycles. The minimum atomic E-state index is -0.285. The summed E-state index contributed by atoms with van der Waals surface area (Å²) in [4.78, 5) is 32.3. The highest BCUT2D eigenvalue weighted by Crippen LogP contribution is 2.32. The number of cyclic esters (lactones) is 1. The second kappa shape index (κ2) is 6.67. The van der Waals surface area contributed by atoms with Crippen molar-refractivity contribution in [2.45, 2.75) is 13.0 Å². The minimum absolute atomic E-state index is 0.146. The van der Waals surface area contributed by atoms with Crippen molar-refractivity contribution in [3.63, 3.8) is 0 Å². The zero-order valence-corrected chi connectivity index (χ0v) is 14.6. The second-order valence-electron chi connectivity index (χ2n) is 6.31. The number of nitrogens with zero attached hydrogens (tertiary/aromatic N) is 3. The van der Waals surface area contributed by atoms with Crippen LogP contribution in [-0.2, 0) is 17.7 Å². The zero-order chi connectivity index (χ0) is 18.1. The Morgan fingerprint density at radius 3 is 2.88 bits per heavy atom. The monoisotopic (exact) mass is 352 g/mol. The zero-order valence-electron chi connectivity index (χ0n) is 14.6. The first kappa shape index (κ1) is 16.4. The predicted molar refractivity (Wildman–Crippen MR) is 97.5 cm³/mol. The van der Waals surface area contributed by atoms with E-state index in [9.17, 15) is 9.59 Å². The minimum Gasteiger partial charge on any atom is -0.447 e. The number of rotatable bonds is 3. The van der Waals surface area contributed by atoms with Crippen LogP contribution in [0.3, 0.4) is 0 Å². The van der Waals surface area contributed by atoms with E-state index in [1.54, 1.807) is 30.3 Å². The van der Waals surface area contributed by atoms with Gasteiger partial charge in [-0.25, -0.2) is 9.78 Å². The molecule has 0 bridgehead atoms. The summed E-state index contributed by atoms with van der Waals surface area (Å²) in [5.41, 5.74) is 3.80. The lowest BCUT2D eigenvalue weighted by Gasteiger charge is -2.32. The van der Waals surface area contributed by atoms with Gasteiger partial charge in [0.2, 0.25) is 0 Å². The van der Waals surface area contributed by atoms with E-state index in [1.165, 1.54) is 5.56 Å². The van der Waals surface area contributed by atoms with Crippen LogP contribution in [-0.4, -0.2) is 43.7 Å². The van der Waals surface area contributed by atoms with Gasteiger partial charge in [0.1, 0.15) is 12.4 Å². The van der Waals surface area contributed by atoms with Crippen molar-refractivity contribution in [2.24, 2.45) is 0 Å². The molecular formula is C19H20N4O3. The molecule has 2 aliphatic rings. The third-order valence-electron chi connectivity index (χ3n) is 4.85. The summed E-state index contributed by atoms with van der Waals surface area (Å²) in [6, 6.07) is 9.55. The molecule has 1 aromatic heterocycles. The third-order valence-corrected chi connectivity index (χ3v) is 4.85. The molecule has 1 aromatic carbocycles. The first-order valence-corrected chi connectivity index (χ1v) is 8.66. The van der Waals surface area contributed by atoms with Crippen molar-refractivity contribution < 1.29 is 14.3 Å². The van der Waals surface area contributed by atoms with Crippen LogP contribution in [0.4, 0.5) is 16.3 Å². The Balaban J connectivity index is 1.66. The van der Waals surface area contributed by atoms with Crippen molar-refractivity contribution in [3.05, 3.63) is 53.2 Å². The summed E-state index contributed by atoms with van der Waals surface area (Å²) in [6.45, 7) is 2.39. The highest BCUT2D eigenvalue weighted by atomic mass is 16.6. The largest absolute Gasteiger partial charge is 0.447 e. The summed E-state index contributed by atoms with van der Waals surface area (Å²) >= 11 is 0. The lowest BCUT2D eigenvalue weighted by Crippen LogP contribution is -2.35. The van der Waals surface area contributed by atoms with Gasteiger partial charge in [0.25, 0.3) is 5.91 Å². The maximum atomic E-state index is 12.2. The van der Waals surface area contributed by atoms with Crippen molar-refractivity contribution >= 4 is 23.5 Å². The summed E-state index contributed by atoms with van der Waals surface area (Å²) < 4.78 is 5.08. The fourth-order valence-electron chi connectivity index (χ4n) is 3.60. The van der Waals surface area contributed by atoms with Gasteiger partial charge >= 0.3 is 6.09 Å². The van der Waals surface area contributed by atoms with Gasteiger partial charge in [-0.05, 0) is 35.7 Å². The van der Waals surface area contributed by atoms with E-state index < -0.39 is 0 Å². The number of hydrogen-bond acceptors (Lipinski definition) is 5. The first-order valence-electron chi connectivity index (χ1n) is 8.66. The Kier molecular flexibility index (Phi) is 4.20. The molecule has 134 valence electrons. The third kappa shape index (κ3) is 2.75. The molecule has 0 saturated carbocycles. The number of carbonyl (C=O) groups is 2. The highest BCUT2D eigenvalue weighted by Gasteiger charge is 2.29. The molecule has 1 fully saturated rings. The van der Waals surface area contributed by atoms with Crippen molar-refractivity contribution in [1.82, 2.24) is 10.3 Å². The van der Waals surface area contributed by atoms with Gasteiger partial charge in [0, 0.05) is 26.3 Å². The summed E-state index contributed by atoms with van der Waals surface area (Å²) in [6.07, 6.45) is 2.19. The van der Waals surface area contributed by atoms with E-state index in [4.69, 9.17) is 4.74 Å². The molecule has 2 amide bonds. The van der Waals surface area contributed by atoms with E-state index in [2.05, 4.69) is 21.3 Å². The number of benzene rings is 1. The molecule has 0 radical (unpaired) electrons. The Labute approximate surface area is 151 Å². The van der Waals surface area contributed by atoms with E-state index in [0.717, 1.165) is 24.2 Å². The van der Waals surface area contributed by atoms with Crippen LogP contribution >= 0.6 is 0 Å². The number of ether oxygens (including phenoxy) is 1. The Hall–Kier alpha value is -3.09. The number of anilines is 2. The van der Waals surface area contributed by atoms with Gasteiger partial charge in [0.05, 0.1) is 17.8 Å². The topological polar surface area (TPSA) is 74.8 Å². The number of nitrogens with one attached hydrogen (secondary N) is 1. The number of pyridine rings is 1. The van der Waals surface area contributed by atoms with Crippen LogP contribution in [0, 0.1) is 0 Å². The molecule has 3 heterocycles. The molecule has 0 unspecified atom stereocenters. The SMILES string of the molecule is CNC(=O)c1cccnc1N1CCc2c(cccc2N2CCOC2=O)C1. The average molecular weight is 352 g/mol. The summed E-state index contributed by atoms with van der Waals surface area (Å²) in [5.74, 6) is 0.538. The molecule has 4 rings (SSSR count). The molecule has 7 heteroatoms. The number of fused-ring (bicyclic) bond motifs is 1. The molecule has 1 saturated heterocycles. The number of hydrogen-bond donors (Lipinski definition) is 1. The summed E-state index contributed by atoms with van der Waals surface area (Å²) in [7, 11) is 1.62. The molecular weight excluding hydrogens is 332 g/mol. The van der Waals surface area contributed by atoms with Crippen LogP contribution in [0.25, 0.3) is 0 Å². The Bertz CT molecular complexity index is 868. The van der Waals surface area contributed by atoms with Gasteiger partial charge in [-0.3, -0.25) is 9.69 Å².